The molecule has 1 saturated carbocycles. The Labute approximate surface area is 208 Å². The fourth-order valence-electron chi connectivity index (χ4n) is 4.76. The van der Waals surface area contributed by atoms with E-state index in [0.717, 1.165) is 22.4 Å². The number of anilines is 1. The van der Waals surface area contributed by atoms with Crippen LogP contribution in [0.4, 0.5) is 14.5 Å². The highest BCUT2D eigenvalue weighted by atomic mass is 19.3. The topological polar surface area (TPSA) is 62.6 Å². The summed E-state index contributed by atoms with van der Waals surface area (Å²) in [6, 6.07) is 15.4. The van der Waals surface area contributed by atoms with Crippen molar-refractivity contribution < 1.29 is 18.4 Å². The van der Waals surface area contributed by atoms with Crippen LogP contribution < -0.4 is 5.01 Å². The van der Waals surface area contributed by atoms with E-state index in [9.17, 15) is 18.4 Å². The number of hydrazone groups is 1. The smallest absolute Gasteiger partial charge is 0.276 e. The van der Waals surface area contributed by atoms with Crippen LogP contribution in [-0.4, -0.2) is 22.4 Å². The molecule has 3 aromatic rings. The minimum Gasteiger partial charge on any atom is -0.298 e. The van der Waals surface area contributed by atoms with Gasteiger partial charge in [-0.05, 0) is 74.6 Å². The zero-order valence-corrected chi connectivity index (χ0v) is 20.5. The van der Waals surface area contributed by atoms with Gasteiger partial charge >= 0.3 is 0 Å². The van der Waals surface area contributed by atoms with Gasteiger partial charge in [-0.1, -0.05) is 30.3 Å². The molecule has 1 aromatic heterocycles. The molecule has 0 bridgehead atoms. The third-order valence-electron chi connectivity index (χ3n) is 6.96. The van der Waals surface area contributed by atoms with Crippen molar-refractivity contribution in [2.45, 2.75) is 46.0 Å². The molecule has 1 fully saturated rings. The average molecular weight is 488 g/mol. The van der Waals surface area contributed by atoms with E-state index < -0.39 is 23.7 Å². The Hall–Kier alpha value is -3.74. The lowest BCUT2D eigenvalue weighted by Gasteiger charge is -2.18. The summed E-state index contributed by atoms with van der Waals surface area (Å²) in [4.78, 5) is 31.0. The van der Waals surface area contributed by atoms with Gasteiger partial charge in [0.2, 0.25) is 0 Å². The molecule has 5 rings (SSSR count). The van der Waals surface area contributed by atoms with E-state index >= 15 is 0 Å². The number of halogens is 2. The number of benzene rings is 2. The summed E-state index contributed by atoms with van der Waals surface area (Å²) in [7, 11) is 0. The molecule has 2 heterocycles. The molecule has 0 N–H and O–H groups in total. The highest BCUT2D eigenvalue weighted by molar-refractivity contribution is 6.27. The molecule has 36 heavy (non-hydrogen) atoms. The number of nitrogens with zero attached hydrogens (tertiary/aromatic N) is 3. The number of pyridine rings is 1. The van der Waals surface area contributed by atoms with Crippen molar-refractivity contribution in [3.05, 3.63) is 83.0 Å². The Balaban J connectivity index is 1.37. The molecule has 1 atom stereocenters. The van der Waals surface area contributed by atoms with Gasteiger partial charge in [0.15, 0.2) is 5.78 Å². The van der Waals surface area contributed by atoms with E-state index in [1.54, 1.807) is 31.3 Å². The van der Waals surface area contributed by atoms with Gasteiger partial charge in [-0.25, -0.2) is 8.78 Å². The van der Waals surface area contributed by atoms with Gasteiger partial charge in [-0.15, -0.1) is 0 Å². The van der Waals surface area contributed by atoms with Crippen LogP contribution in [0.3, 0.4) is 0 Å². The second-order valence-corrected chi connectivity index (χ2v) is 9.73. The van der Waals surface area contributed by atoms with Crippen molar-refractivity contribution in [1.82, 2.24) is 4.98 Å². The summed E-state index contributed by atoms with van der Waals surface area (Å²) in [5.74, 6) is -5.37. The minimum absolute atomic E-state index is 0.0722. The number of amides is 1. The number of hydrogen-bond acceptors (Lipinski definition) is 4. The van der Waals surface area contributed by atoms with Crippen molar-refractivity contribution in [3.8, 4) is 11.3 Å². The molecule has 184 valence electrons. The quantitative estimate of drug-likeness (QED) is 0.383. The Bertz CT molecular complexity index is 1390. The highest BCUT2D eigenvalue weighted by Crippen LogP contribution is 2.49. The van der Waals surface area contributed by atoms with E-state index in [-0.39, 0.29) is 17.8 Å². The maximum atomic E-state index is 14.6. The van der Waals surface area contributed by atoms with Crippen LogP contribution in [0.5, 0.6) is 0 Å². The summed E-state index contributed by atoms with van der Waals surface area (Å²) in [6.07, 6.45) is 2.64. The maximum Gasteiger partial charge on any atom is 0.276 e. The van der Waals surface area contributed by atoms with E-state index in [1.165, 1.54) is 17.1 Å². The predicted molar refractivity (Wildman–Crippen MR) is 135 cm³/mol. The van der Waals surface area contributed by atoms with Crippen molar-refractivity contribution >= 4 is 23.1 Å². The minimum atomic E-state index is -2.90. The number of ketones is 1. The van der Waals surface area contributed by atoms with Crippen molar-refractivity contribution in [2.24, 2.45) is 16.9 Å². The van der Waals surface area contributed by atoms with Gasteiger partial charge in [0.25, 0.3) is 11.8 Å². The normalized spacial score (nSPS) is 17.9. The molecule has 2 aromatic carbocycles. The lowest BCUT2D eigenvalue weighted by atomic mass is 9.92. The zero-order chi connectivity index (χ0) is 25.6. The maximum absolute atomic E-state index is 14.6. The van der Waals surface area contributed by atoms with Crippen LogP contribution >= 0.6 is 0 Å². The Morgan fingerprint density at radius 3 is 2.53 bits per heavy atom. The van der Waals surface area contributed by atoms with Crippen LogP contribution in [0.25, 0.3) is 11.3 Å². The number of aryl methyl sites for hydroxylation is 2. The average Bonchev–Trinajstić information content (AvgIpc) is 3.66. The number of aromatic nitrogens is 1. The van der Waals surface area contributed by atoms with E-state index in [4.69, 9.17) is 0 Å². The number of Topliss-reactive ketones (excluding diaryl/α,β-unsaturated/α-hetero) is 1. The molecule has 0 saturated heterocycles. The van der Waals surface area contributed by atoms with Crippen LogP contribution in [0.2, 0.25) is 0 Å². The number of alkyl halides is 2. The van der Waals surface area contributed by atoms with Crippen molar-refractivity contribution in [2.75, 3.05) is 5.01 Å². The molecular weight excluding hydrogens is 460 g/mol. The fourth-order valence-corrected chi connectivity index (χ4v) is 4.76. The van der Waals surface area contributed by atoms with Gasteiger partial charge in [-0.3, -0.25) is 14.6 Å². The first-order valence-electron chi connectivity index (χ1n) is 12.1. The summed E-state index contributed by atoms with van der Waals surface area (Å²) < 4.78 is 29.1. The third kappa shape index (κ3) is 4.34. The molecular formula is C29H27F2N3O2. The molecule has 1 aliphatic carbocycles. The van der Waals surface area contributed by atoms with Gasteiger partial charge in [0, 0.05) is 29.7 Å². The highest BCUT2D eigenvalue weighted by Gasteiger charge is 2.48. The van der Waals surface area contributed by atoms with Crippen molar-refractivity contribution in [3.63, 3.8) is 0 Å². The number of carbonyl (C=O) groups is 2. The second-order valence-electron chi connectivity index (χ2n) is 9.73. The van der Waals surface area contributed by atoms with Gasteiger partial charge in [-0.2, -0.15) is 10.1 Å². The Morgan fingerprint density at radius 2 is 1.81 bits per heavy atom. The zero-order valence-electron chi connectivity index (χ0n) is 20.5. The number of hydrogen-bond donors (Lipinski definition) is 0. The second kappa shape index (κ2) is 9.04. The Kier molecular flexibility index (Phi) is 6.02. The fraction of sp³-hybridized carbons (Fsp3) is 0.310. The van der Waals surface area contributed by atoms with Crippen molar-refractivity contribution in [1.29, 1.82) is 0 Å². The molecule has 1 amide bonds. The third-order valence-corrected chi connectivity index (χ3v) is 6.96. The standard InChI is InChI=1S/C29H27F2N3O2/c1-17-9-12-23(16-24(17)27-18(2)6-5-13-32-27)34-28(36)26(19(3)33-34)25(35)15-20-7-4-8-22(14-20)29(30,31)21-10-11-21/h4-9,12-14,16,21,26H,10-11,15H2,1-3H3. The van der Waals surface area contributed by atoms with Gasteiger partial charge in [0.1, 0.15) is 5.92 Å². The lowest BCUT2D eigenvalue weighted by Crippen LogP contribution is -2.33. The van der Waals surface area contributed by atoms with Crippen LogP contribution in [0.15, 0.2) is 65.9 Å². The first kappa shape index (κ1) is 24.0. The lowest BCUT2D eigenvalue weighted by molar-refractivity contribution is -0.128. The first-order chi connectivity index (χ1) is 17.2. The van der Waals surface area contributed by atoms with Crippen LogP contribution in [0, 0.1) is 25.7 Å². The molecule has 5 nitrogen and oxygen atoms in total. The molecule has 1 aliphatic heterocycles. The first-order valence-corrected chi connectivity index (χ1v) is 12.1. The number of rotatable bonds is 7. The molecule has 7 heteroatoms. The largest absolute Gasteiger partial charge is 0.298 e. The summed E-state index contributed by atoms with van der Waals surface area (Å²) in [5, 5.41) is 5.66. The van der Waals surface area contributed by atoms with Gasteiger partial charge in [0.05, 0.1) is 17.1 Å². The van der Waals surface area contributed by atoms with E-state index in [1.807, 2.05) is 38.1 Å². The Morgan fingerprint density at radius 1 is 1.03 bits per heavy atom. The van der Waals surface area contributed by atoms with E-state index in [0.29, 0.717) is 29.8 Å². The van der Waals surface area contributed by atoms with Gasteiger partial charge < -0.3 is 0 Å². The molecule has 0 spiro atoms. The molecule has 2 aliphatic rings. The monoisotopic (exact) mass is 487 g/mol. The molecule has 0 radical (unpaired) electrons. The molecule has 1 unspecified atom stereocenters. The summed E-state index contributed by atoms with van der Waals surface area (Å²) >= 11 is 0. The van der Waals surface area contributed by atoms with E-state index in [2.05, 4.69) is 10.1 Å². The summed E-state index contributed by atoms with van der Waals surface area (Å²) in [5.41, 5.74) is 5.05. The SMILES string of the molecule is CC1=NN(c2ccc(C)c(-c3ncccc3C)c2)C(=O)C1C(=O)Cc1cccc(C(F)(F)C2CC2)c1. The summed E-state index contributed by atoms with van der Waals surface area (Å²) in [6.45, 7) is 5.60. The van der Waals surface area contributed by atoms with Crippen LogP contribution in [-0.2, 0) is 21.9 Å². The predicted octanol–water partition coefficient (Wildman–Crippen LogP) is 6.02. The number of carbonyl (C=O) groups excluding carboxylic acids is 2. The van der Waals surface area contributed by atoms with Crippen LogP contribution in [0.1, 0.15) is 42.0 Å².